The van der Waals surface area contributed by atoms with Crippen molar-refractivity contribution in [2.24, 2.45) is 5.84 Å². The molecule has 5 heteroatoms. The molecule has 2 rings (SSSR count). The molecule has 5 nitrogen and oxygen atoms in total. The molecular weight excluding hydrogens is 240 g/mol. The summed E-state index contributed by atoms with van der Waals surface area (Å²) < 4.78 is 7.28. The van der Waals surface area contributed by atoms with Crippen molar-refractivity contribution in [3.8, 4) is 5.69 Å². The van der Waals surface area contributed by atoms with E-state index in [4.69, 9.17) is 10.6 Å². The topological polar surface area (TPSA) is 65.1 Å². The molecule has 3 N–H and O–H groups in total. The van der Waals surface area contributed by atoms with Crippen molar-refractivity contribution in [1.29, 1.82) is 0 Å². The Labute approximate surface area is 113 Å². The number of para-hydroxylation sites is 1. The van der Waals surface area contributed by atoms with Crippen molar-refractivity contribution < 1.29 is 4.74 Å². The van der Waals surface area contributed by atoms with E-state index in [1.807, 2.05) is 48.0 Å². The predicted octanol–water partition coefficient (Wildman–Crippen LogP) is 1.80. The third kappa shape index (κ3) is 3.41. The van der Waals surface area contributed by atoms with Crippen LogP contribution in [0.2, 0.25) is 0 Å². The lowest BCUT2D eigenvalue weighted by atomic mass is 10.1. The van der Waals surface area contributed by atoms with Crippen molar-refractivity contribution in [2.75, 3.05) is 13.2 Å². The van der Waals surface area contributed by atoms with Crippen molar-refractivity contribution in [3.63, 3.8) is 0 Å². The molecule has 1 unspecified atom stereocenters. The first-order chi connectivity index (χ1) is 9.36. The minimum Gasteiger partial charge on any atom is -0.382 e. The summed E-state index contributed by atoms with van der Waals surface area (Å²) in [6.07, 6.45) is 2.59. The molecule has 1 heterocycles. The zero-order valence-electron chi connectivity index (χ0n) is 11.1. The third-order valence-corrected chi connectivity index (χ3v) is 2.99. The van der Waals surface area contributed by atoms with Gasteiger partial charge >= 0.3 is 0 Å². The second kappa shape index (κ2) is 7.04. The first kappa shape index (κ1) is 13.7. The number of hydrogen-bond donors (Lipinski definition) is 2. The normalized spacial score (nSPS) is 12.5. The number of nitrogens with two attached hydrogens (primary N) is 1. The molecule has 1 aromatic carbocycles. The van der Waals surface area contributed by atoms with Crippen LogP contribution < -0.4 is 11.3 Å². The summed E-state index contributed by atoms with van der Waals surface area (Å²) in [5.41, 5.74) is 4.90. The van der Waals surface area contributed by atoms with Gasteiger partial charge in [0.25, 0.3) is 0 Å². The molecule has 1 atom stereocenters. The molecule has 0 aliphatic carbocycles. The Hall–Kier alpha value is -1.69. The summed E-state index contributed by atoms with van der Waals surface area (Å²) in [6, 6.07) is 12.0. The highest BCUT2D eigenvalue weighted by atomic mass is 16.5. The first-order valence-electron chi connectivity index (χ1n) is 6.50. The molecule has 0 radical (unpaired) electrons. The second-order valence-electron chi connectivity index (χ2n) is 4.21. The highest BCUT2D eigenvalue weighted by Gasteiger charge is 2.15. The largest absolute Gasteiger partial charge is 0.382 e. The monoisotopic (exact) mass is 260 g/mol. The van der Waals surface area contributed by atoms with Gasteiger partial charge in [0.05, 0.1) is 17.4 Å². The van der Waals surface area contributed by atoms with Gasteiger partial charge in [-0.3, -0.25) is 11.3 Å². The number of nitrogens with one attached hydrogen (secondary N) is 1. The Morgan fingerprint density at radius 1 is 1.32 bits per heavy atom. The molecular formula is C14H20N4O. The summed E-state index contributed by atoms with van der Waals surface area (Å²) in [5.74, 6) is 5.65. The standard InChI is InChI=1S/C14H20N4O/c1-2-19-11-9-13(17-15)14-8-10-16-18(14)12-6-4-3-5-7-12/h3-8,10,13,17H,2,9,11,15H2,1H3. The van der Waals surface area contributed by atoms with E-state index in [1.165, 1.54) is 0 Å². The number of hydrogen-bond acceptors (Lipinski definition) is 4. The molecule has 102 valence electrons. The highest BCUT2D eigenvalue weighted by Crippen LogP contribution is 2.19. The Kier molecular flexibility index (Phi) is 5.09. The molecule has 0 saturated carbocycles. The second-order valence-corrected chi connectivity index (χ2v) is 4.21. The lowest BCUT2D eigenvalue weighted by Crippen LogP contribution is -2.30. The molecule has 0 spiro atoms. The summed E-state index contributed by atoms with van der Waals surface area (Å²) in [7, 11) is 0. The van der Waals surface area contributed by atoms with E-state index in [-0.39, 0.29) is 6.04 Å². The predicted molar refractivity (Wildman–Crippen MR) is 74.7 cm³/mol. The van der Waals surface area contributed by atoms with Crippen LogP contribution in [0.15, 0.2) is 42.6 Å². The molecule has 2 aromatic rings. The average Bonchev–Trinajstić information content (AvgIpc) is 2.94. The van der Waals surface area contributed by atoms with Gasteiger partial charge < -0.3 is 4.74 Å². The maximum atomic E-state index is 5.65. The van der Waals surface area contributed by atoms with Crippen LogP contribution in [0.3, 0.4) is 0 Å². The summed E-state index contributed by atoms with van der Waals surface area (Å²) in [6.45, 7) is 3.37. The van der Waals surface area contributed by atoms with Gasteiger partial charge in [0, 0.05) is 19.4 Å². The fraction of sp³-hybridized carbons (Fsp3) is 0.357. The summed E-state index contributed by atoms with van der Waals surface area (Å²) >= 11 is 0. The molecule has 19 heavy (non-hydrogen) atoms. The number of benzene rings is 1. The Bertz CT molecular complexity index is 483. The van der Waals surface area contributed by atoms with Crippen LogP contribution >= 0.6 is 0 Å². The molecule has 0 aliphatic rings. The molecule has 0 amide bonds. The third-order valence-electron chi connectivity index (χ3n) is 2.99. The van der Waals surface area contributed by atoms with E-state index in [1.54, 1.807) is 6.20 Å². The van der Waals surface area contributed by atoms with Crippen LogP contribution in [0, 0.1) is 0 Å². The van der Waals surface area contributed by atoms with Gasteiger partial charge in [0.2, 0.25) is 0 Å². The van der Waals surface area contributed by atoms with Gasteiger partial charge in [-0.05, 0) is 31.5 Å². The fourth-order valence-corrected chi connectivity index (χ4v) is 2.02. The average molecular weight is 260 g/mol. The van der Waals surface area contributed by atoms with E-state index in [9.17, 15) is 0 Å². The van der Waals surface area contributed by atoms with Crippen LogP contribution in [0.1, 0.15) is 25.1 Å². The van der Waals surface area contributed by atoms with Crippen molar-refractivity contribution in [3.05, 3.63) is 48.3 Å². The molecule has 0 saturated heterocycles. The number of nitrogens with zero attached hydrogens (tertiary/aromatic N) is 2. The Balaban J connectivity index is 2.18. The van der Waals surface area contributed by atoms with E-state index < -0.39 is 0 Å². The van der Waals surface area contributed by atoms with E-state index >= 15 is 0 Å². The van der Waals surface area contributed by atoms with Crippen LogP contribution in [0.5, 0.6) is 0 Å². The van der Waals surface area contributed by atoms with Gasteiger partial charge in [0.15, 0.2) is 0 Å². The quantitative estimate of drug-likeness (QED) is 0.452. The van der Waals surface area contributed by atoms with Crippen LogP contribution in [-0.2, 0) is 4.74 Å². The van der Waals surface area contributed by atoms with E-state index in [0.717, 1.165) is 24.4 Å². The van der Waals surface area contributed by atoms with Gasteiger partial charge in [-0.1, -0.05) is 18.2 Å². The van der Waals surface area contributed by atoms with Gasteiger partial charge in [-0.15, -0.1) is 0 Å². The first-order valence-corrected chi connectivity index (χ1v) is 6.50. The maximum Gasteiger partial charge on any atom is 0.0655 e. The number of aromatic nitrogens is 2. The zero-order valence-corrected chi connectivity index (χ0v) is 11.1. The fourth-order valence-electron chi connectivity index (χ4n) is 2.02. The number of hydrazine groups is 1. The van der Waals surface area contributed by atoms with Crippen LogP contribution in [0.4, 0.5) is 0 Å². The van der Waals surface area contributed by atoms with Crippen molar-refractivity contribution in [2.45, 2.75) is 19.4 Å². The number of rotatable bonds is 7. The van der Waals surface area contributed by atoms with Gasteiger partial charge in [-0.2, -0.15) is 5.10 Å². The van der Waals surface area contributed by atoms with Gasteiger partial charge in [0.1, 0.15) is 0 Å². The lowest BCUT2D eigenvalue weighted by Gasteiger charge is -2.17. The Morgan fingerprint density at radius 3 is 2.79 bits per heavy atom. The zero-order chi connectivity index (χ0) is 13.5. The summed E-state index contributed by atoms with van der Waals surface area (Å²) in [5, 5.41) is 4.36. The number of ether oxygens (including phenoxy) is 1. The smallest absolute Gasteiger partial charge is 0.0655 e. The van der Waals surface area contributed by atoms with Gasteiger partial charge in [-0.25, -0.2) is 4.68 Å². The van der Waals surface area contributed by atoms with Crippen molar-refractivity contribution in [1.82, 2.24) is 15.2 Å². The molecule has 0 fully saturated rings. The van der Waals surface area contributed by atoms with E-state index in [2.05, 4.69) is 10.5 Å². The summed E-state index contributed by atoms with van der Waals surface area (Å²) in [4.78, 5) is 0. The minimum absolute atomic E-state index is 0.0225. The lowest BCUT2D eigenvalue weighted by molar-refractivity contribution is 0.135. The highest BCUT2D eigenvalue weighted by molar-refractivity contribution is 5.33. The molecule has 1 aromatic heterocycles. The van der Waals surface area contributed by atoms with E-state index in [0.29, 0.717) is 6.61 Å². The van der Waals surface area contributed by atoms with Crippen LogP contribution in [0.25, 0.3) is 5.69 Å². The van der Waals surface area contributed by atoms with Crippen molar-refractivity contribution >= 4 is 0 Å². The Morgan fingerprint density at radius 2 is 2.11 bits per heavy atom. The molecule has 0 aliphatic heterocycles. The molecule has 0 bridgehead atoms. The SMILES string of the molecule is CCOCCC(NN)c1ccnn1-c1ccccc1. The maximum absolute atomic E-state index is 5.65. The van der Waals surface area contributed by atoms with Crippen LogP contribution in [-0.4, -0.2) is 23.0 Å². The minimum atomic E-state index is 0.0225.